The molecule has 0 aliphatic rings. The number of nitrogens with zero attached hydrogens (tertiary/aromatic N) is 1. The van der Waals surface area contributed by atoms with E-state index in [1.54, 1.807) is 12.1 Å². The third-order valence-electron chi connectivity index (χ3n) is 3.29. The lowest BCUT2D eigenvalue weighted by molar-refractivity contribution is -0.384. The van der Waals surface area contributed by atoms with Gasteiger partial charge in [0.05, 0.1) is 4.92 Å². The molecule has 4 nitrogen and oxygen atoms in total. The Balaban J connectivity index is 1.85. The van der Waals surface area contributed by atoms with Crippen molar-refractivity contribution in [2.24, 2.45) is 5.73 Å². The Labute approximate surface area is 118 Å². The summed E-state index contributed by atoms with van der Waals surface area (Å²) in [4.78, 5) is 10.2. The number of hydrogen-bond acceptors (Lipinski definition) is 3. The Hall–Kier alpha value is -2.20. The monoisotopic (exact) mass is 270 g/mol. The van der Waals surface area contributed by atoms with Crippen molar-refractivity contribution in [2.75, 3.05) is 0 Å². The highest BCUT2D eigenvalue weighted by atomic mass is 16.6. The van der Waals surface area contributed by atoms with Crippen LogP contribution in [-0.2, 0) is 12.8 Å². The molecule has 1 atom stereocenters. The van der Waals surface area contributed by atoms with Gasteiger partial charge in [0.2, 0.25) is 0 Å². The molecule has 2 N–H and O–H groups in total. The maximum absolute atomic E-state index is 10.6. The van der Waals surface area contributed by atoms with E-state index < -0.39 is 0 Å². The van der Waals surface area contributed by atoms with E-state index in [9.17, 15) is 10.1 Å². The molecule has 2 aromatic carbocycles. The lowest BCUT2D eigenvalue weighted by Crippen LogP contribution is -2.23. The van der Waals surface area contributed by atoms with Crippen LogP contribution in [-0.4, -0.2) is 11.0 Å². The van der Waals surface area contributed by atoms with Gasteiger partial charge in [-0.25, -0.2) is 0 Å². The summed E-state index contributed by atoms with van der Waals surface area (Å²) in [7, 11) is 0. The molecule has 0 spiro atoms. The average molecular weight is 270 g/mol. The summed E-state index contributed by atoms with van der Waals surface area (Å²) in [5.74, 6) is 0. The Morgan fingerprint density at radius 3 is 2.25 bits per heavy atom. The fourth-order valence-electron chi connectivity index (χ4n) is 2.16. The smallest absolute Gasteiger partial charge is 0.269 e. The van der Waals surface area contributed by atoms with Crippen LogP contribution in [0.15, 0.2) is 54.6 Å². The average Bonchev–Trinajstić information content (AvgIpc) is 2.47. The van der Waals surface area contributed by atoms with Crippen LogP contribution in [0.3, 0.4) is 0 Å². The number of hydrogen-bond donors (Lipinski definition) is 1. The molecule has 20 heavy (non-hydrogen) atoms. The first-order chi connectivity index (χ1) is 9.65. The van der Waals surface area contributed by atoms with Gasteiger partial charge in [-0.05, 0) is 30.4 Å². The fraction of sp³-hybridized carbons (Fsp3) is 0.250. The van der Waals surface area contributed by atoms with Crippen LogP contribution in [0, 0.1) is 10.1 Å². The van der Waals surface area contributed by atoms with Crippen molar-refractivity contribution in [3.8, 4) is 0 Å². The summed E-state index contributed by atoms with van der Waals surface area (Å²) in [6, 6.07) is 16.9. The number of nitrogens with two attached hydrogens (primary N) is 1. The van der Waals surface area contributed by atoms with Crippen LogP contribution in [0.2, 0.25) is 0 Å². The van der Waals surface area contributed by atoms with Gasteiger partial charge >= 0.3 is 0 Å². The molecule has 4 heteroatoms. The Bertz CT molecular complexity index is 552. The minimum atomic E-state index is -0.390. The predicted molar refractivity (Wildman–Crippen MR) is 79.5 cm³/mol. The van der Waals surface area contributed by atoms with E-state index in [1.165, 1.54) is 17.7 Å². The zero-order valence-corrected chi connectivity index (χ0v) is 11.2. The second kappa shape index (κ2) is 6.82. The standard InChI is InChI=1S/C16H18N2O2/c17-15(9-6-13-4-2-1-3-5-13)12-14-7-10-16(11-8-14)18(19)20/h1-5,7-8,10-11,15H,6,9,12,17H2. The molecule has 2 aromatic rings. The van der Waals surface area contributed by atoms with Crippen molar-refractivity contribution < 1.29 is 4.92 Å². The minimum Gasteiger partial charge on any atom is -0.327 e. The first-order valence-electron chi connectivity index (χ1n) is 6.68. The molecule has 0 heterocycles. The molecule has 0 aromatic heterocycles. The van der Waals surface area contributed by atoms with Crippen LogP contribution in [0.5, 0.6) is 0 Å². The van der Waals surface area contributed by atoms with E-state index in [2.05, 4.69) is 12.1 Å². The molecule has 2 rings (SSSR count). The summed E-state index contributed by atoms with van der Waals surface area (Å²) in [5.41, 5.74) is 8.56. The third-order valence-corrected chi connectivity index (χ3v) is 3.29. The van der Waals surface area contributed by atoms with Gasteiger partial charge in [-0.15, -0.1) is 0 Å². The molecule has 104 valence electrons. The number of rotatable bonds is 6. The van der Waals surface area contributed by atoms with Gasteiger partial charge in [-0.1, -0.05) is 42.5 Å². The summed E-state index contributed by atoms with van der Waals surface area (Å²) >= 11 is 0. The van der Waals surface area contributed by atoms with E-state index in [0.29, 0.717) is 0 Å². The number of aryl methyl sites for hydroxylation is 1. The summed E-state index contributed by atoms with van der Waals surface area (Å²) in [6.45, 7) is 0. The van der Waals surface area contributed by atoms with Crippen LogP contribution in [0.25, 0.3) is 0 Å². The molecule has 0 aliphatic carbocycles. The third kappa shape index (κ3) is 4.17. The number of non-ortho nitro benzene ring substituents is 1. The van der Waals surface area contributed by atoms with E-state index in [-0.39, 0.29) is 16.7 Å². The van der Waals surface area contributed by atoms with Crippen molar-refractivity contribution in [3.63, 3.8) is 0 Å². The zero-order chi connectivity index (χ0) is 14.4. The Morgan fingerprint density at radius 1 is 1.00 bits per heavy atom. The molecular weight excluding hydrogens is 252 g/mol. The van der Waals surface area contributed by atoms with Crippen molar-refractivity contribution in [1.82, 2.24) is 0 Å². The number of nitro benzene ring substituents is 1. The molecule has 0 amide bonds. The predicted octanol–water partition coefficient (Wildman–Crippen LogP) is 3.10. The number of nitro groups is 1. The van der Waals surface area contributed by atoms with E-state index >= 15 is 0 Å². The van der Waals surface area contributed by atoms with E-state index in [1.807, 2.05) is 18.2 Å². The summed E-state index contributed by atoms with van der Waals surface area (Å²) in [5, 5.41) is 10.6. The SMILES string of the molecule is NC(CCc1ccccc1)Cc1ccc([N+](=O)[O-])cc1. The number of benzene rings is 2. The zero-order valence-electron chi connectivity index (χ0n) is 11.2. The molecular formula is C16H18N2O2. The molecule has 0 saturated heterocycles. The van der Waals surface area contributed by atoms with Crippen molar-refractivity contribution in [3.05, 3.63) is 75.8 Å². The molecule has 1 unspecified atom stereocenters. The second-order valence-corrected chi connectivity index (χ2v) is 4.91. The minimum absolute atomic E-state index is 0.0664. The topological polar surface area (TPSA) is 69.2 Å². The molecule has 0 saturated carbocycles. The largest absolute Gasteiger partial charge is 0.327 e. The van der Waals surface area contributed by atoms with Gasteiger partial charge in [0.15, 0.2) is 0 Å². The quantitative estimate of drug-likeness (QED) is 0.647. The van der Waals surface area contributed by atoms with Gasteiger partial charge in [0, 0.05) is 18.2 Å². The molecule has 0 fully saturated rings. The van der Waals surface area contributed by atoms with Gasteiger partial charge < -0.3 is 5.73 Å². The highest BCUT2D eigenvalue weighted by Crippen LogP contribution is 2.14. The van der Waals surface area contributed by atoms with Gasteiger partial charge in [0.1, 0.15) is 0 Å². The highest BCUT2D eigenvalue weighted by molar-refractivity contribution is 5.33. The second-order valence-electron chi connectivity index (χ2n) is 4.91. The fourth-order valence-corrected chi connectivity index (χ4v) is 2.16. The van der Waals surface area contributed by atoms with Gasteiger partial charge in [0.25, 0.3) is 5.69 Å². The van der Waals surface area contributed by atoms with Crippen LogP contribution < -0.4 is 5.73 Å². The molecule has 0 aliphatic heterocycles. The normalized spacial score (nSPS) is 12.1. The maximum atomic E-state index is 10.6. The van der Waals surface area contributed by atoms with E-state index in [4.69, 9.17) is 5.73 Å². The Kier molecular flexibility index (Phi) is 4.85. The van der Waals surface area contributed by atoms with Crippen molar-refractivity contribution >= 4 is 5.69 Å². The first kappa shape index (κ1) is 14.2. The van der Waals surface area contributed by atoms with Crippen molar-refractivity contribution in [2.45, 2.75) is 25.3 Å². The lowest BCUT2D eigenvalue weighted by Gasteiger charge is -2.11. The summed E-state index contributed by atoms with van der Waals surface area (Å²) < 4.78 is 0. The maximum Gasteiger partial charge on any atom is 0.269 e. The Morgan fingerprint density at radius 2 is 1.65 bits per heavy atom. The molecule has 0 radical (unpaired) electrons. The van der Waals surface area contributed by atoms with Crippen LogP contribution in [0.1, 0.15) is 17.5 Å². The molecule has 0 bridgehead atoms. The van der Waals surface area contributed by atoms with Crippen LogP contribution >= 0.6 is 0 Å². The van der Waals surface area contributed by atoms with Crippen LogP contribution in [0.4, 0.5) is 5.69 Å². The van der Waals surface area contributed by atoms with Crippen molar-refractivity contribution in [1.29, 1.82) is 0 Å². The van der Waals surface area contributed by atoms with E-state index in [0.717, 1.165) is 24.8 Å². The van der Waals surface area contributed by atoms with Gasteiger partial charge in [-0.3, -0.25) is 10.1 Å². The summed E-state index contributed by atoms with van der Waals surface area (Å²) in [6.07, 6.45) is 2.60. The van der Waals surface area contributed by atoms with Gasteiger partial charge in [-0.2, -0.15) is 0 Å². The first-order valence-corrected chi connectivity index (χ1v) is 6.68. The lowest BCUT2D eigenvalue weighted by atomic mass is 10.00. The highest BCUT2D eigenvalue weighted by Gasteiger charge is 2.07.